The van der Waals surface area contributed by atoms with Crippen molar-refractivity contribution in [3.8, 4) is 0 Å². The molecule has 1 aromatic heterocycles. The van der Waals surface area contributed by atoms with Crippen molar-refractivity contribution in [1.82, 2.24) is 15.6 Å². The van der Waals surface area contributed by atoms with Crippen molar-refractivity contribution >= 4 is 0 Å². The Bertz CT molecular complexity index is 273. The fraction of sp³-hybridized carbons (Fsp3) is 0.583. The number of rotatable bonds is 7. The lowest BCUT2D eigenvalue weighted by Gasteiger charge is -2.05. The summed E-state index contributed by atoms with van der Waals surface area (Å²) in [5.74, 6) is 0. The number of pyridine rings is 1. The summed E-state index contributed by atoms with van der Waals surface area (Å²) < 4.78 is 0. The minimum atomic E-state index is 0.940. The molecule has 0 bridgehead atoms. The number of hydrogen-bond donors (Lipinski definition) is 2. The number of nitrogens with zero attached hydrogens (tertiary/aromatic N) is 1. The average molecular weight is 207 g/mol. The number of aryl methyl sites for hydroxylation is 1. The summed E-state index contributed by atoms with van der Waals surface area (Å²) in [5.41, 5.74) is 2.40. The zero-order valence-corrected chi connectivity index (χ0v) is 9.71. The molecule has 0 aromatic carbocycles. The third kappa shape index (κ3) is 5.50. The molecule has 0 fully saturated rings. The highest BCUT2D eigenvalue weighted by atomic mass is 14.9. The summed E-state index contributed by atoms with van der Waals surface area (Å²) in [7, 11) is 0. The first kappa shape index (κ1) is 12.1. The van der Waals surface area contributed by atoms with Gasteiger partial charge in [-0.3, -0.25) is 4.98 Å². The fourth-order valence-electron chi connectivity index (χ4n) is 1.46. The monoisotopic (exact) mass is 207 g/mol. The van der Waals surface area contributed by atoms with Crippen LogP contribution in [0.4, 0.5) is 0 Å². The van der Waals surface area contributed by atoms with Crippen molar-refractivity contribution in [2.24, 2.45) is 0 Å². The Labute approximate surface area is 92.3 Å². The Balaban J connectivity index is 2.10. The van der Waals surface area contributed by atoms with Crippen LogP contribution in [0.3, 0.4) is 0 Å². The Kier molecular flexibility index (Phi) is 5.97. The second-order valence-electron chi connectivity index (χ2n) is 3.69. The molecule has 1 rings (SSSR count). The van der Waals surface area contributed by atoms with Gasteiger partial charge in [0.1, 0.15) is 0 Å². The molecule has 0 radical (unpaired) electrons. The zero-order valence-electron chi connectivity index (χ0n) is 9.71. The van der Waals surface area contributed by atoms with Crippen molar-refractivity contribution in [3.05, 3.63) is 29.6 Å². The van der Waals surface area contributed by atoms with Crippen LogP contribution in [0.25, 0.3) is 0 Å². The predicted octanol–water partition coefficient (Wildman–Crippen LogP) is 1.48. The van der Waals surface area contributed by atoms with E-state index in [0.717, 1.165) is 31.9 Å². The van der Waals surface area contributed by atoms with Crippen LogP contribution < -0.4 is 10.6 Å². The highest BCUT2D eigenvalue weighted by Crippen LogP contribution is 1.99. The molecule has 1 heterocycles. The van der Waals surface area contributed by atoms with Crippen LogP contribution >= 0.6 is 0 Å². The van der Waals surface area contributed by atoms with Gasteiger partial charge in [-0.25, -0.2) is 0 Å². The minimum absolute atomic E-state index is 0.940. The molecule has 0 saturated heterocycles. The first-order chi connectivity index (χ1) is 7.33. The maximum Gasteiger partial charge on any atom is 0.0375 e. The summed E-state index contributed by atoms with van der Waals surface area (Å²) in [5, 5.41) is 6.73. The third-order valence-corrected chi connectivity index (χ3v) is 2.25. The van der Waals surface area contributed by atoms with Crippen LogP contribution in [0.1, 0.15) is 24.6 Å². The van der Waals surface area contributed by atoms with Crippen LogP contribution in [0, 0.1) is 6.92 Å². The van der Waals surface area contributed by atoms with E-state index < -0.39 is 0 Å². The Morgan fingerprint density at radius 1 is 1.27 bits per heavy atom. The van der Waals surface area contributed by atoms with Crippen LogP contribution in [0.5, 0.6) is 0 Å². The van der Waals surface area contributed by atoms with E-state index in [2.05, 4.69) is 34.7 Å². The van der Waals surface area contributed by atoms with Gasteiger partial charge in [-0.2, -0.15) is 0 Å². The zero-order chi connectivity index (χ0) is 10.9. The molecule has 0 saturated carbocycles. The van der Waals surface area contributed by atoms with Gasteiger partial charge in [0.05, 0.1) is 0 Å². The molecule has 0 unspecified atom stereocenters. The van der Waals surface area contributed by atoms with E-state index in [-0.39, 0.29) is 0 Å². The molecule has 0 aliphatic heterocycles. The molecule has 0 spiro atoms. The smallest absolute Gasteiger partial charge is 0.0375 e. The van der Waals surface area contributed by atoms with E-state index in [1.165, 1.54) is 12.0 Å². The standard InChI is InChI=1S/C12H21N3/c1-3-13-6-4-7-14-10-12-5-8-15-11(2)9-12/h5,8-9,13-14H,3-4,6-7,10H2,1-2H3. The summed E-state index contributed by atoms with van der Waals surface area (Å²) in [6, 6.07) is 4.18. The topological polar surface area (TPSA) is 37.0 Å². The summed E-state index contributed by atoms with van der Waals surface area (Å²) in [4.78, 5) is 4.17. The first-order valence-corrected chi connectivity index (χ1v) is 5.66. The van der Waals surface area contributed by atoms with Crippen LogP contribution in [-0.2, 0) is 6.54 Å². The summed E-state index contributed by atoms with van der Waals surface area (Å²) in [6.07, 6.45) is 3.04. The molecule has 2 N–H and O–H groups in total. The lowest BCUT2D eigenvalue weighted by atomic mass is 10.2. The lowest BCUT2D eigenvalue weighted by Crippen LogP contribution is -2.21. The van der Waals surface area contributed by atoms with Gasteiger partial charge in [-0.15, -0.1) is 0 Å². The highest BCUT2D eigenvalue weighted by molar-refractivity contribution is 5.14. The van der Waals surface area contributed by atoms with E-state index in [4.69, 9.17) is 0 Å². The fourth-order valence-corrected chi connectivity index (χ4v) is 1.46. The molecule has 3 nitrogen and oxygen atoms in total. The summed E-state index contributed by atoms with van der Waals surface area (Å²) >= 11 is 0. The molecular weight excluding hydrogens is 186 g/mol. The largest absolute Gasteiger partial charge is 0.317 e. The normalized spacial score (nSPS) is 10.5. The maximum atomic E-state index is 4.17. The van der Waals surface area contributed by atoms with E-state index in [0.29, 0.717) is 0 Å². The second kappa shape index (κ2) is 7.37. The number of hydrogen-bond acceptors (Lipinski definition) is 3. The van der Waals surface area contributed by atoms with Gasteiger partial charge in [-0.05, 0) is 50.7 Å². The SMILES string of the molecule is CCNCCCNCc1ccnc(C)c1. The van der Waals surface area contributed by atoms with Gasteiger partial charge in [-0.1, -0.05) is 6.92 Å². The third-order valence-electron chi connectivity index (χ3n) is 2.25. The minimum Gasteiger partial charge on any atom is -0.317 e. The van der Waals surface area contributed by atoms with Crippen molar-refractivity contribution in [3.63, 3.8) is 0 Å². The molecule has 0 amide bonds. The van der Waals surface area contributed by atoms with Crippen molar-refractivity contribution in [2.45, 2.75) is 26.8 Å². The highest BCUT2D eigenvalue weighted by Gasteiger charge is 1.93. The van der Waals surface area contributed by atoms with Crippen molar-refractivity contribution < 1.29 is 0 Å². The van der Waals surface area contributed by atoms with Gasteiger partial charge in [0.15, 0.2) is 0 Å². The van der Waals surface area contributed by atoms with Crippen molar-refractivity contribution in [2.75, 3.05) is 19.6 Å². The average Bonchev–Trinajstić information content (AvgIpc) is 2.23. The molecule has 0 atom stereocenters. The van der Waals surface area contributed by atoms with E-state index >= 15 is 0 Å². The summed E-state index contributed by atoms with van der Waals surface area (Å²) in [6.45, 7) is 8.31. The van der Waals surface area contributed by atoms with Crippen LogP contribution in [0.15, 0.2) is 18.3 Å². The molecule has 15 heavy (non-hydrogen) atoms. The van der Waals surface area contributed by atoms with Crippen LogP contribution in [0.2, 0.25) is 0 Å². The molecule has 0 aliphatic carbocycles. The Morgan fingerprint density at radius 2 is 2.07 bits per heavy atom. The Morgan fingerprint density at radius 3 is 2.80 bits per heavy atom. The second-order valence-corrected chi connectivity index (χ2v) is 3.69. The van der Waals surface area contributed by atoms with Crippen LogP contribution in [-0.4, -0.2) is 24.6 Å². The van der Waals surface area contributed by atoms with Gasteiger partial charge < -0.3 is 10.6 Å². The van der Waals surface area contributed by atoms with E-state index in [1.807, 2.05) is 13.1 Å². The number of nitrogens with one attached hydrogen (secondary N) is 2. The van der Waals surface area contributed by atoms with Gasteiger partial charge >= 0.3 is 0 Å². The lowest BCUT2D eigenvalue weighted by molar-refractivity contribution is 0.606. The van der Waals surface area contributed by atoms with E-state index in [9.17, 15) is 0 Å². The molecule has 0 aliphatic rings. The van der Waals surface area contributed by atoms with E-state index in [1.54, 1.807) is 0 Å². The molecular formula is C12H21N3. The van der Waals surface area contributed by atoms with Gasteiger partial charge in [0.2, 0.25) is 0 Å². The van der Waals surface area contributed by atoms with Gasteiger partial charge in [0, 0.05) is 18.4 Å². The first-order valence-electron chi connectivity index (χ1n) is 5.66. The predicted molar refractivity (Wildman–Crippen MR) is 63.8 cm³/mol. The molecule has 84 valence electrons. The molecule has 1 aromatic rings. The maximum absolute atomic E-state index is 4.17. The number of aromatic nitrogens is 1. The molecule has 3 heteroatoms. The van der Waals surface area contributed by atoms with Gasteiger partial charge in [0.25, 0.3) is 0 Å². The quantitative estimate of drug-likeness (QED) is 0.665. The Hall–Kier alpha value is -0.930. The van der Waals surface area contributed by atoms with Crippen molar-refractivity contribution in [1.29, 1.82) is 0 Å².